The van der Waals surface area contributed by atoms with E-state index in [1.54, 1.807) is 44.2 Å². The molecule has 0 bridgehead atoms. The Morgan fingerprint density at radius 1 is 1.39 bits per heavy atom. The average molecular weight is 268 g/mol. The summed E-state index contributed by atoms with van der Waals surface area (Å²) in [5.41, 5.74) is 0.547. The highest BCUT2D eigenvalue weighted by atomic mass is 32.2. The largest absolute Gasteiger partial charge is 0.497 e. The Morgan fingerprint density at radius 3 is 2.83 bits per heavy atom. The van der Waals surface area contributed by atoms with Crippen molar-refractivity contribution < 1.29 is 19.0 Å². The fourth-order valence-electron chi connectivity index (χ4n) is 1.81. The van der Waals surface area contributed by atoms with Gasteiger partial charge < -0.3 is 14.2 Å². The molecule has 0 amide bonds. The van der Waals surface area contributed by atoms with Crippen LogP contribution in [0.4, 0.5) is 0 Å². The molecule has 18 heavy (non-hydrogen) atoms. The van der Waals surface area contributed by atoms with Crippen molar-refractivity contribution in [1.82, 2.24) is 0 Å². The lowest BCUT2D eigenvalue weighted by molar-refractivity contribution is 0.0516. The second kappa shape index (κ2) is 6.11. The van der Waals surface area contributed by atoms with Crippen molar-refractivity contribution in [3.8, 4) is 11.5 Å². The van der Waals surface area contributed by atoms with E-state index in [2.05, 4.69) is 0 Å². The fraction of sp³-hybridized carbons (Fsp3) is 0.462. The summed E-state index contributed by atoms with van der Waals surface area (Å²) in [4.78, 5) is 12.3. The van der Waals surface area contributed by atoms with Gasteiger partial charge in [-0.05, 0) is 12.1 Å². The van der Waals surface area contributed by atoms with Gasteiger partial charge in [0, 0.05) is 17.6 Å². The summed E-state index contributed by atoms with van der Waals surface area (Å²) in [7, 11) is 3.12. The Morgan fingerprint density at radius 2 is 2.22 bits per heavy atom. The van der Waals surface area contributed by atoms with Gasteiger partial charge >= 0.3 is 0 Å². The minimum atomic E-state index is -0.369. The van der Waals surface area contributed by atoms with Crippen LogP contribution < -0.4 is 9.47 Å². The third kappa shape index (κ3) is 2.79. The topological polar surface area (TPSA) is 44.8 Å². The number of carbonyl (C=O) groups excluding carboxylic acids is 1. The molecule has 1 atom stereocenters. The van der Waals surface area contributed by atoms with Crippen LogP contribution in [0.1, 0.15) is 10.4 Å². The number of benzene rings is 1. The number of methoxy groups -OCH3 is 2. The number of hydrogen-bond donors (Lipinski definition) is 0. The zero-order valence-electron chi connectivity index (χ0n) is 10.5. The molecule has 4 nitrogen and oxygen atoms in total. The minimum absolute atomic E-state index is 0.0262. The molecule has 0 saturated carbocycles. The Labute approximate surface area is 111 Å². The van der Waals surface area contributed by atoms with Crippen LogP contribution in [0.3, 0.4) is 0 Å². The molecule has 0 radical (unpaired) electrons. The lowest BCUT2D eigenvalue weighted by Crippen LogP contribution is -2.31. The van der Waals surface area contributed by atoms with Crippen LogP contribution in [-0.4, -0.2) is 44.2 Å². The van der Waals surface area contributed by atoms with Crippen LogP contribution in [-0.2, 0) is 4.74 Å². The van der Waals surface area contributed by atoms with Crippen LogP contribution in [0.2, 0.25) is 0 Å². The summed E-state index contributed by atoms with van der Waals surface area (Å²) < 4.78 is 15.8. The molecular weight excluding hydrogens is 252 g/mol. The fourth-order valence-corrected chi connectivity index (χ4v) is 2.66. The van der Waals surface area contributed by atoms with Gasteiger partial charge in [0.1, 0.15) is 17.6 Å². The van der Waals surface area contributed by atoms with Gasteiger partial charge in [-0.1, -0.05) is 0 Å². The second-order valence-electron chi connectivity index (χ2n) is 3.86. The van der Waals surface area contributed by atoms with Gasteiger partial charge in [0.15, 0.2) is 5.78 Å². The summed E-state index contributed by atoms with van der Waals surface area (Å²) in [6.45, 7) is 0.625. The quantitative estimate of drug-likeness (QED) is 0.782. The van der Waals surface area contributed by atoms with E-state index in [0.717, 1.165) is 5.75 Å². The molecule has 1 aliphatic heterocycles. The van der Waals surface area contributed by atoms with Gasteiger partial charge in [-0.3, -0.25) is 4.79 Å². The van der Waals surface area contributed by atoms with E-state index in [0.29, 0.717) is 29.4 Å². The predicted molar refractivity (Wildman–Crippen MR) is 70.9 cm³/mol. The molecule has 2 rings (SSSR count). The van der Waals surface area contributed by atoms with Crippen LogP contribution in [0, 0.1) is 0 Å². The molecule has 5 heteroatoms. The summed E-state index contributed by atoms with van der Waals surface area (Å²) >= 11 is 1.74. The molecule has 1 aliphatic rings. The highest BCUT2D eigenvalue weighted by Crippen LogP contribution is 2.27. The van der Waals surface area contributed by atoms with E-state index in [-0.39, 0.29) is 11.9 Å². The predicted octanol–water partition coefficient (Wildman–Crippen LogP) is 2.02. The van der Waals surface area contributed by atoms with Crippen LogP contribution in [0.15, 0.2) is 18.2 Å². The molecular formula is C13H16O4S. The van der Waals surface area contributed by atoms with Gasteiger partial charge in [0.25, 0.3) is 0 Å². The smallest absolute Gasteiger partial charge is 0.196 e. The Hall–Kier alpha value is -1.20. The zero-order valence-corrected chi connectivity index (χ0v) is 11.3. The first-order valence-electron chi connectivity index (χ1n) is 5.72. The Balaban J connectivity index is 2.23. The van der Waals surface area contributed by atoms with Crippen molar-refractivity contribution in [2.75, 3.05) is 32.3 Å². The third-order valence-electron chi connectivity index (χ3n) is 2.78. The number of thioether (sulfide) groups is 1. The molecule has 1 unspecified atom stereocenters. The minimum Gasteiger partial charge on any atom is -0.497 e. The van der Waals surface area contributed by atoms with E-state index in [1.807, 2.05) is 0 Å². The number of rotatable bonds is 4. The average Bonchev–Trinajstić information content (AvgIpc) is 2.46. The van der Waals surface area contributed by atoms with E-state index >= 15 is 0 Å². The van der Waals surface area contributed by atoms with E-state index in [4.69, 9.17) is 14.2 Å². The first kappa shape index (κ1) is 13.2. The highest BCUT2D eigenvalue weighted by Gasteiger charge is 2.26. The van der Waals surface area contributed by atoms with Crippen molar-refractivity contribution in [3.63, 3.8) is 0 Å². The Bertz CT molecular complexity index is 427. The van der Waals surface area contributed by atoms with Gasteiger partial charge in [0.05, 0.1) is 26.4 Å². The molecule has 1 aromatic carbocycles. The van der Waals surface area contributed by atoms with Gasteiger partial charge in [-0.25, -0.2) is 0 Å². The molecule has 1 heterocycles. The highest BCUT2D eigenvalue weighted by molar-refractivity contribution is 7.99. The molecule has 98 valence electrons. The molecule has 0 spiro atoms. The van der Waals surface area contributed by atoms with Crippen molar-refractivity contribution in [2.45, 2.75) is 6.10 Å². The van der Waals surface area contributed by atoms with Gasteiger partial charge in [0.2, 0.25) is 0 Å². The van der Waals surface area contributed by atoms with Crippen molar-refractivity contribution in [3.05, 3.63) is 23.8 Å². The normalized spacial score (nSPS) is 19.3. The molecule has 0 aliphatic carbocycles. The number of ether oxygens (including phenoxy) is 3. The number of Topliss-reactive ketones (excluding diaryl/α,β-unsaturated/α-hetero) is 1. The SMILES string of the molecule is COc1ccc(C(=O)C2CSCCO2)c(OC)c1. The first-order valence-corrected chi connectivity index (χ1v) is 6.87. The van der Waals surface area contributed by atoms with Crippen LogP contribution >= 0.6 is 11.8 Å². The molecule has 1 aromatic rings. The molecule has 1 saturated heterocycles. The van der Waals surface area contributed by atoms with Crippen molar-refractivity contribution >= 4 is 17.5 Å². The van der Waals surface area contributed by atoms with Crippen LogP contribution in [0.25, 0.3) is 0 Å². The first-order chi connectivity index (χ1) is 8.76. The van der Waals surface area contributed by atoms with Crippen molar-refractivity contribution in [2.24, 2.45) is 0 Å². The van der Waals surface area contributed by atoms with Crippen molar-refractivity contribution in [1.29, 1.82) is 0 Å². The van der Waals surface area contributed by atoms with E-state index < -0.39 is 0 Å². The van der Waals surface area contributed by atoms with Crippen LogP contribution in [0.5, 0.6) is 11.5 Å². The maximum absolute atomic E-state index is 12.3. The summed E-state index contributed by atoms with van der Waals surface area (Å²) in [5, 5.41) is 0. The Kier molecular flexibility index (Phi) is 4.49. The summed E-state index contributed by atoms with van der Waals surface area (Å²) in [5.74, 6) is 2.82. The molecule has 0 aromatic heterocycles. The molecule has 0 N–H and O–H groups in total. The maximum atomic E-state index is 12.3. The lowest BCUT2D eigenvalue weighted by Gasteiger charge is -2.21. The van der Waals surface area contributed by atoms with Gasteiger partial charge in [-0.2, -0.15) is 11.8 Å². The maximum Gasteiger partial charge on any atom is 0.196 e. The van der Waals surface area contributed by atoms with E-state index in [9.17, 15) is 4.79 Å². The lowest BCUT2D eigenvalue weighted by atomic mass is 10.1. The number of carbonyl (C=O) groups is 1. The number of ketones is 1. The molecule has 1 fully saturated rings. The standard InChI is InChI=1S/C13H16O4S/c1-15-9-3-4-10(11(7-9)16-2)13(14)12-8-18-6-5-17-12/h3-4,7,12H,5-6,8H2,1-2H3. The monoisotopic (exact) mass is 268 g/mol. The van der Waals surface area contributed by atoms with E-state index in [1.165, 1.54) is 0 Å². The number of hydrogen-bond acceptors (Lipinski definition) is 5. The summed E-state index contributed by atoms with van der Waals surface area (Å²) in [6.07, 6.45) is -0.369. The second-order valence-corrected chi connectivity index (χ2v) is 5.01. The summed E-state index contributed by atoms with van der Waals surface area (Å²) in [6, 6.07) is 5.19. The third-order valence-corrected chi connectivity index (χ3v) is 3.78. The van der Waals surface area contributed by atoms with Gasteiger partial charge in [-0.15, -0.1) is 0 Å². The zero-order chi connectivity index (χ0) is 13.0.